The Morgan fingerprint density at radius 1 is 1.38 bits per heavy atom. The minimum Gasteiger partial charge on any atom is -0.378 e. The van der Waals surface area contributed by atoms with Crippen LogP contribution in [0.2, 0.25) is 0 Å². The lowest BCUT2D eigenvalue weighted by molar-refractivity contribution is 0.0298. The van der Waals surface area contributed by atoms with E-state index in [-0.39, 0.29) is 5.91 Å². The molecule has 2 aromatic rings. The minimum absolute atomic E-state index is 0.00270. The Hall–Kier alpha value is -1.57. The molecule has 0 radical (unpaired) electrons. The number of fused-ring (bicyclic) bond motifs is 1. The van der Waals surface area contributed by atoms with E-state index >= 15 is 0 Å². The van der Waals surface area contributed by atoms with E-state index < -0.39 is 0 Å². The lowest BCUT2D eigenvalue weighted by Crippen LogP contribution is -2.41. The van der Waals surface area contributed by atoms with Gasteiger partial charge in [-0.25, -0.2) is 4.98 Å². The predicted octanol–water partition coefficient (Wildman–Crippen LogP) is 1.65. The number of carbonyl (C=O) groups is 1. The summed E-state index contributed by atoms with van der Waals surface area (Å²) in [7, 11) is 0. The van der Waals surface area contributed by atoms with Crippen molar-refractivity contribution in [2.45, 2.75) is 13.0 Å². The highest BCUT2D eigenvalue weighted by molar-refractivity contribution is 7.98. The Morgan fingerprint density at radius 2 is 2.21 bits per heavy atom. The summed E-state index contributed by atoms with van der Waals surface area (Å²) in [5, 5.41) is 3.44. The van der Waals surface area contributed by atoms with Crippen molar-refractivity contribution in [3.63, 3.8) is 0 Å². The number of pyridine rings is 1. The Labute approximate surface area is 146 Å². The first-order valence-electron chi connectivity index (χ1n) is 8.34. The molecule has 24 heavy (non-hydrogen) atoms. The maximum Gasteiger partial charge on any atom is 0.274 e. The van der Waals surface area contributed by atoms with Crippen molar-refractivity contribution in [1.82, 2.24) is 19.6 Å². The average Bonchev–Trinajstić information content (AvgIpc) is 3.00. The van der Waals surface area contributed by atoms with Gasteiger partial charge in [-0.05, 0) is 37.1 Å². The van der Waals surface area contributed by atoms with Crippen molar-refractivity contribution in [1.29, 1.82) is 0 Å². The second kappa shape index (κ2) is 8.50. The van der Waals surface area contributed by atoms with Crippen LogP contribution >= 0.6 is 11.8 Å². The monoisotopic (exact) mass is 348 g/mol. The van der Waals surface area contributed by atoms with Crippen molar-refractivity contribution in [3.8, 4) is 0 Å². The van der Waals surface area contributed by atoms with Gasteiger partial charge in [-0.3, -0.25) is 4.79 Å². The van der Waals surface area contributed by atoms with E-state index in [0.29, 0.717) is 38.5 Å². The Kier molecular flexibility index (Phi) is 6.12. The van der Waals surface area contributed by atoms with Gasteiger partial charge in [0.15, 0.2) is 5.69 Å². The molecule has 0 bridgehead atoms. The van der Waals surface area contributed by atoms with Crippen molar-refractivity contribution in [2.24, 2.45) is 0 Å². The number of amides is 1. The number of imidazole rings is 1. The molecule has 2 aromatic heterocycles. The number of ether oxygens (including phenoxy) is 1. The van der Waals surface area contributed by atoms with E-state index in [1.165, 1.54) is 0 Å². The van der Waals surface area contributed by atoms with E-state index in [1.807, 2.05) is 45.5 Å². The van der Waals surface area contributed by atoms with Crippen LogP contribution in [0.3, 0.4) is 0 Å². The highest BCUT2D eigenvalue weighted by atomic mass is 32.2. The summed E-state index contributed by atoms with van der Waals surface area (Å²) in [5.41, 5.74) is 2.31. The first kappa shape index (κ1) is 17.3. The normalized spacial score (nSPS) is 15.1. The second-order valence-electron chi connectivity index (χ2n) is 5.76. The fraction of sp³-hybridized carbons (Fsp3) is 0.529. The zero-order valence-electron chi connectivity index (χ0n) is 14.0. The largest absolute Gasteiger partial charge is 0.378 e. The summed E-state index contributed by atoms with van der Waals surface area (Å²) >= 11 is 1.85. The SMILES string of the molecule is CSCCCNCc1c(C(=O)N2CCOCC2)nc2ccccn12. The van der Waals surface area contributed by atoms with Crippen molar-refractivity contribution < 1.29 is 9.53 Å². The van der Waals surface area contributed by atoms with Gasteiger partial charge >= 0.3 is 0 Å². The standard InChI is InChI=1S/C17H24N4O2S/c1-24-12-4-6-18-13-14-16(17(22)20-8-10-23-11-9-20)19-15-5-2-3-7-21(14)15/h2-3,5,7,18H,4,6,8-13H2,1H3. The molecule has 0 atom stereocenters. The molecule has 6 nitrogen and oxygen atoms in total. The molecule has 0 saturated carbocycles. The van der Waals surface area contributed by atoms with Crippen LogP contribution in [-0.4, -0.2) is 65.0 Å². The van der Waals surface area contributed by atoms with Crippen molar-refractivity contribution in [2.75, 3.05) is 44.9 Å². The molecule has 1 aliphatic heterocycles. The highest BCUT2D eigenvalue weighted by Crippen LogP contribution is 2.16. The van der Waals surface area contributed by atoms with Crippen LogP contribution in [0.15, 0.2) is 24.4 Å². The Balaban J connectivity index is 1.80. The van der Waals surface area contributed by atoms with Crippen LogP contribution in [0.25, 0.3) is 5.65 Å². The lowest BCUT2D eigenvalue weighted by Gasteiger charge is -2.26. The fourth-order valence-electron chi connectivity index (χ4n) is 2.85. The molecule has 1 N–H and O–H groups in total. The number of hydrogen-bond donors (Lipinski definition) is 1. The molecular formula is C17H24N4O2S. The van der Waals surface area contributed by atoms with Gasteiger partial charge < -0.3 is 19.4 Å². The summed E-state index contributed by atoms with van der Waals surface area (Å²) in [5.74, 6) is 1.14. The minimum atomic E-state index is 0.00270. The van der Waals surface area contributed by atoms with Crippen molar-refractivity contribution in [3.05, 3.63) is 35.8 Å². The van der Waals surface area contributed by atoms with Crippen LogP contribution < -0.4 is 5.32 Å². The molecule has 0 spiro atoms. The quantitative estimate of drug-likeness (QED) is 0.771. The summed E-state index contributed by atoms with van der Waals surface area (Å²) in [4.78, 5) is 19.3. The Bertz CT molecular complexity index is 682. The lowest BCUT2D eigenvalue weighted by atomic mass is 10.2. The molecule has 0 unspecified atom stereocenters. The van der Waals surface area contributed by atoms with Gasteiger partial charge in [0.05, 0.1) is 18.9 Å². The van der Waals surface area contributed by atoms with Gasteiger partial charge in [0.1, 0.15) is 5.65 Å². The molecule has 0 aliphatic carbocycles. The third-order valence-electron chi connectivity index (χ3n) is 4.12. The topological polar surface area (TPSA) is 58.9 Å². The number of morpholine rings is 1. The molecule has 1 amide bonds. The molecule has 1 fully saturated rings. The van der Waals surface area contributed by atoms with Gasteiger partial charge in [-0.15, -0.1) is 0 Å². The molecule has 7 heteroatoms. The molecule has 1 saturated heterocycles. The first-order valence-corrected chi connectivity index (χ1v) is 9.73. The van der Waals surface area contributed by atoms with Gasteiger partial charge in [-0.1, -0.05) is 6.07 Å². The molecule has 0 aromatic carbocycles. The van der Waals surface area contributed by atoms with Crippen LogP contribution in [0.1, 0.15) is 22.6 Å². The summed E-state index contributed by atoms with van der Waals surface area (Å²) in [6.45, 7) is 4.04. The smallest absolute Gasteiger partial charge is 0.274 e. The van der Waals surface area contributed by atoms with E-state index in [0.717, 1.165) is 30.1 Å². The van der Waals surface area contributed by atoms with Gasteiger partial charge in [-0.2, -0.15) is 11.8 Å². The average molecular weight is 348 g/mol. The van der Waals surface area contributed by atoms with E-state index in [1.54, 1.807) is 0 Å². The summed E-state index contributed by atoms with van der Waals surface area (Å²) < 4.78 is 7.35. The number of carbonyl (C=O) groups excluding carboxylic acids is 1. The zero-order chi connectivity index (χ0) is 16.8. The van der Waals surface area contributed by atoms with Crippen LogP contribution in [0, 0.1) is 0 Å². The summed E-state index contributed by atoms with van der Waals surface area (Å²) in [6.07, 6.45) is 5.20. The predicted molar refractivity (Wildman–Crippen MR) is 96.6 cm³/mol. The summed E-state index contributed by atoms with van der Waals surface area (Å²) in [6, 6.07) is 5.85. The maximum absolute atomic E-state index is 12.9. The molecule has 130 valence electrons. The van der Waals surface area contributed by atoms with E-state index in [4.69, 9.17) is 4.74 Å². The fourth-order valence-corrected chi connectivity index (χ4v) is 3.28. The van der Waals surface area contributed by atoms with Gasteiger partial charge in [0, 0.05) is 25.8 Å². The Morgan fingerprint density at radius 3 is 3.00 bits per heavy atom. The maximum atomic E-state index is 12.9. The zero-order valence-corrected chi connectivity index (χ0v) is 14.8. The van der Waals surface area contributed by atoms with Crippen LogP contribution in [0.4, 0.5) is 0 Å². The second-order valence-corrected chi connectivity index (χ2v) is 6.75. The number of nitrogens with zero attached hydrogens (tertiary/aromatic N) is 3. The number of nitrogens with one attached hydrogen (secondary N) is 1. The first-order chi connectivity index (χ1) is 11.8. The van der Waals surface area contributed by atoms with Crippen LogP contribution in [-0.2, 0) is 11.3 Å². The van der Waals surface area contributed by atoms with E-state index in [9.17, 15) is 4.79 Å². The molecular weight excluding hydrogens is 324 g/mol. The van der Waals surface area contributed by atoms with Gasteiger partial charge in [0.2, 0.25) is 0 Å². The molecule has 3 heterocycles. The number of hydrogen-bond acceptors (Lipinski definition) is 5. The number of rotatable bonds is 7. The number of aromatic nitrogens is 2. The third-order valence-corrected chi connectivity index (χ3v) is 4.82. The third kappa shape index (κ3) is 3.91. The van der Waals surface area contributed by atoms with Crippen molar-refractivity contribution >= 4 is 23.3 Å². The highest BCUT2D eigenvalue weighted by Gasteiger charge is 2.25. The number of thioether (sulfide) groups is 1. The van der Waals surface area contributed by atoms with Gasteiger partial charge in [0.25, 0.3) is 5.91 Å². The van der Waals surface area contributed by atoms with E-state index in [2.05, 4.69) is 16.6 Å². The van der Waals surface area contributed by atoms with Crippen LogP contribution in [0.5, 0.6) is 0 Å². The molecule has 1 aliphatic rings. The molecule has 3 rings (SSSR count).